The van der Waals surface area contributed by atoms with Gasteiger partial charge in [-0.25, -0.2) is 4.98 Å². The van der Waals surface area contributed by atoms with Crippen molar-refractivity contribution in [1.82, 2.24) is 14.8 Å². The first kappa shape index (κ1) is 20.9. The van der Waals surface area contributed by atoms with Gasteiger partial charge in [0.15, 0.2) is 0 Å². The highest BCUT2D eigenvalue weighted by Gasteiger charge is 2.40. The minimum atomic E-state index is -0.259. The van der Waals surface area contributed by atoms with E-state index < -0.39 is 0 Å². The largest absolute Gasteiger partial charge is 0.353 e. The molecule has 1 saturated carbocycles. The number of piperazine rings is 1. The van der Waals surface area contributed by atoms with E-state index in [0.717, 1.165) is 37.9 Å². The van der Waals surface area contributed by atoms with Gasteiger partial charge in [0.05, 0.1) is 16.1 Å². The molecule has 2 fully saturated rings. The fourth-order valence-corrected chi connectivity index (χ4v) is 5.05. The summed E-state index contributed by atoms with van der Waals surface area (Å²) in [5.74, 6) is 0.240. The number of carbonyl (C=O) groups excluding carboxylic acids is 3. The number of rotatable bonds is 3. The van der Waals surface area contributed by atoms with E-state index in [9.17, 15) is 14.4 Å². The van der Waals surface area contributed by atoms with Crippen LogP contribution in [0.15, 0.2) is 36.5 Å². The van der Waals surface area contributed by atoms with Crippen LogP contribution < -0.4 is 4.90 Å². The quantitative estimate of drug-likeness (QED) is 0.665. The Morgan fingerprint density at radius 3 is 2.31 bits per heavy atom. The number of aromatic nitrogens is 1. The fraction of sp³-hybridized carbons (Fsp3) is 0.417. The lowest BCUT2D eigenvalue weighted by atomic mass is 9.94. The third kappa shape index (κ3) is 3.75. The Morgan fingerprint density at radius 2 is 1.62 bits per heavy atom. The van der Waals surface area contributed by atoms with E-state index >= 15 is 0 Å². The number of carbonyl (C=O) groups is 3. The molecule has 3 heterocycles. The molecular formula is C24H25ClN4O3. The maximum Gasteiger partial charge on any atom is 0.261 e. The van der Waals surface area contributed by atoms with Crippen molar-refractivity contribution in [3.8, 4) is 0 Å². The summed E-state index contributed by atoms with van der Waals surface area (Å²) >= 11 is 5.91. The lowest BCUT2D eigenvalue weighted by Gasteiger charge is -2.35. The van der Waals surface area contributed by atoms with Crippen LogP contribution in [0, 0.1) is 0 Å². The van der Waals surface area contributed by atoms with Crippen LogP contribution in [-0.2, 0) is 0 Å². The standard InChI is InChI=1S/C24H25ClN4O3/c25-17-7-9-21(26-15-17)27-10-12-28(13-11-27)22(30)16-6-8-19-20(14-16)24(32)29(23(19)31)18-4-2-1-3-5-18/h6-9,14-15,18H,1-5,10-13H2. The van der Waals surface area contributed by atoms with E-state index in [-0.39, 0.29) is 23.8 Å². The van der Waals surface area contributed by atoms with E-state index in [1.54, 1.807) is 35.4 Å². The van der Waals surface area contributed by atoms with Gasteiger partial charge in [0.25, 0.3) is 17.7 Å². The molecule has 1 aromatic carbocycles. The molecule has 0 N–H and O–H groups in total. The van der Waals surface area contributed by atoms with Crippen molar-refractivity contribution < 1.29 is 14.4 Å². The zero-order valence-corrected chi connectivity index (χ0v) is 18.6. The molecule has 3 aliphatic rings. The van der Waals surface area contributed by atoms with Gasteiger partial charge in [-0.15, -0.1) is 0 Å². The highest BCUT2D eigenvalue weighted by atomic mass is 35.5. The van der Waals surface area contributed by atoms with Crippen LogP contribution in [0.2, 0.25) is 5.02 Å². The molecule has 32 heavy (non-hydrogen) atoms. The van der Waals surface area contributed by atoms with Crippen molar-refractivity contribution in [2.45, 2.75) is 38.1 Å². The normalized spacial score (nSPS) is 19.5. The summed E-state index contributed by atoms with van der Waals surface area (Å²) in [6, 6.07) is 8.57. The van der Waals surface area contributed by atoms with Gasteiger partial charge >= 0.3 is 0 Å². The van der Waals surface area contributed by atoms with E-state index in [0.29, 0.717) is 47.9 Å². The number of imide groups is 1. The van der Waals surface area contributed by atoms with Crippen LogP contribution in [0.3, 0.4) is 0 Å². The molecule has 2 aliphatic heterocycles. The second-order valence-corrected chi connectivity index (χ2v) is 9.08. The average molecular weight is 453 g/mol. The molecule has 0 spiro atoms. The SMILES string of the molecule is O=C(c1ccc2c(c1)C(=O)N(C1CCCCC1)C2=O)N1CCN(c2ccc(Cl)cn2)CC1. The summed E-state index contributed by atoms with van der Waals surface area (Å²) in [7, 11) is 0. The molecule has 0 unspecified atom stereocenters. The first-order chi connectivity index (χ1) is 15.5. The van der Waals surface area contributed by atoms with Crippen molar-refractivity contribution in [2.24, 2.45) is 0 Å². The predicted octanol–water partition coefficient (Wildman–Crippen LogP) is 3.63. The third-order valence-electron chi connectivity index (χ3n) is 6.71. The number of benzene rings is 1. The first-order valence-corrected chi connectivity index (χ1v) is 11.6. The fourth-order valence-electron chi connectivity index (χ4n) is 4.94. The Morgan fingerprint density at radius 1 is 0.906 bits per heavy atom. The Labute approximate surface area is 192 Å². The molecule has 0 bridgehead atoms. The monoisotopic (exact) mass is 452 g/mol. The van der Waals surface area contributed by atoms with Gasteiger partial charge in [0, 0.05) is 44.0 Å². The van der Waals surface area contributed by atoms with Gasteiger partial charge in [0.2, 0.25) is 0 Å². The van der Waals surface area contributed by atoms with Gasteiger partial charge in [-0.1, -0.05) is 30.9 Å². The van der Waals surface area contributed by atoms with E-state index in [2.05, 4.69) is 9.88 Å². The summed E-state index contributed by atoms with van der Waals surface area (Å²) in [4.78, 5) is 48.7. The summed E-state index contributed by atoms with van der Waals surface area (Å²) < 4.78 is 0. The molecule has 1 aliphatic carbocycles. The van der Waals surface area contributed by atoms with E-state index in [1.807, 2.05) is 6.07 Å². The number of nitrogens with zero attached hydrogens (tertiary/aromatic N) is 4. The van der Waals surface area contributed by atoms with Gasteiger partial charge in [-0.2, -0.15) is 0 Å². The van der Waals surface area contributed by atoms with Crippen molar-refractivity contribution in [3.63, 3.8) is 0 Å². The first-order valence-electron chi connectivity index (χ1n) is 11.2. The maximum atomic E-state index is 13.1. The Kier molecular flexibility index (Phi) is 5.59. The smallest absolute Gasteiger partial charge is 0.261 e. The summed E-state index contributed by atoms with van der Waals surface area (Å²) in [5.41, 5.74) is 1.22. The summed E-state index contributed by atoms with van der Waals surface area (Å²) in [6.07, 6.45) is 6.58. The number of hydrogen-bond acceptors (Lipinski definition) is 5. The molecule has 1 aromatic heterocycles. The lowest BCUT2D eigenvalue weighted by molar-refractivity contribution is 0.0548. The van der Waals surface area contributed by atoms with Crippen LogP contribution in [0.25, 0.3) is 0 Å². The molecule has 8 heteroatoms. The molecule has 0 radical (unpaired) electrons. The van der Waals surface area contributed by atoms with Gasteiger partial charge in [0.1, 0.15) is 5.82 Å². The van der Waals surface area contributed by atoms with Crippen LogP contribution in [0.5, 0.6) is 0 Å². The Bertz CT molecular complexity index is 1060. The van der Waals surface area contributed by atoms with Gasteiger partial charge < -0.3 is 9.80 Å². The van der Waals surface area contributed by atoms with Crippen LogP contribution in [-0.4, -0.2) is 64.7 Å². The van der Waals surface area contributed by atoms with Crippen LogP contribution in [0.1, 0.15) is 63.2 Å². The highest BCUT2D eigenvalue weighted by Crippen LogP contribution is 2.31. The van der Waals surface area contributed by atoms with E-state index in [4.69, 9.17) is 11.6 Å². The summed E-state index contributed by atoms with van der Waals surface area (Å²) in [6.45, 7) is 2.44. The third-order valence-corrected chi connectivity index (χ3v) is 6.93. The molecule has 1 saturated heterocycles. The minimum absolute atomic E-state index is 0.0233. The summed E-state index contributed by atoms with van der Waals surface area (Å²) in [5, 5.41) is 0.592. The highest BCUT2D eigenvalue weighted by molar-refractivity contribution is 6.30. The molecule has 7 nitrogen and oxygen atoms in total. The number of pyridine rings is 1. The van der Waals surface area contributed by atoms with Crippen LogP contribution >= 0.6 is 11.6 Å². The van der Waals surface area contributed by atoms with Crippen molar-refractivity contribution in [1.29, 1.82) is 0 Å². The molecule has 3 amide bonds. The van der Waals surface area contributed by atoms with Crippen molar-refractivity contribution in [3.05, 3.63) is 58.2 Å². The molecule has 0 atom stereocenters. The predicted molar refractivity (Wildman–Crippen MR) is 121 cm³/mol. The zero-order valence-electron chi connectivity index (χ0n) is 17.8. The molecule has 2 aromatic rings. The van der Waals surface area contributed by atoms with Crippen LogP contribution in [0.4, 0.5) is 5.82 Å². The topological polar surface area (TPSA) is 73.8 Å². The average Bonchev–Trinajstić information content (AvgIpc) is 3.09. The number of fused-ring (bicyclic) bond motifs is 1. The Balaban J connectivity index is 1.28. The van der Waals surface area contributed by atoms with Crippen molar-refractivity contribution in [2.75, 3.05) is 31.1 Å². The molecule has 166 valence electrons. The molecule has 5 rings (SSSR count). The minimum Gasteiger partial charge on any atom is -0.353 e. The maximum absolute atomic E-state index is 13.1. The second kappa shape index (κ2) is 8.54. The van der Waals surface area contributed by atoms with Gasteiger partial charge in [-0.3, -0.25) is 19.3 Å². The Hall–Kier alpha value is -2.93. The zero-order chi connectivity index (χ0) is 22.2. The van der Waals surface area contributed by atoms with E-state index in [1.165, 1.54) is 4.90 Å². The number of anilines is 1. The lowest BCUT2D eigenvalue weighted by Crippen LogP contribution is -2.49. The number of hydrogen-bond donors (Lipinski definition) is 0. The van der Waals surface area contributed by atoms with Crippen molar-refractivity contribution >= 4 is 35.1 Å². The number of halogens is 1. The number of amides is 3. The van der Waals surface area contributed by atoms with Gasteiger partial charge in [-0.05, 0) is 43.2 Å². The second-order valence-electron chi connectivity index (χ2n) is 8.65. The molecular weight excluding hydrogens is 428 g/mol.